The molecule has 80 valence electrons. The van der Waals surface area contributed by atoms with Gasteiger partial charge in [-0.3, -0.25) is 0 Å². The lowest BCUT2D eigenvalue weighted by Crippen LogP contribution is -2.18. The molecule has 0 aliphatic heterocycles. The van der Waals surface area contributed by atoms with Crippen molar-refractivity contribution in [3.8, 4) is 11.9 Å². The van der Waals surface area contributed by atoms with E-state index in [1.807, 2.05) is 0 Å². The number of alkyl halides is 3. The van der Waals surface area contributed by atoms with Crippen molar-refractivity contribution in [2.24, 2.45) is 0 Å². The number of ether oxygens (including phenoxy) is 1. The zero-order chi connectivity index (χ0) is 11.5. The molecule has 4 nitrogen and oxygen atoms in total. The number of pyridine rings is 1. The van der Waals surface area contributed by atoms with Crippen molar-refractivity contribution in [2.75, 3.05) is 0 Å². The maximum Gasteiger partial charge on any atom is 0.574 e. The zero-order valence-corrected chi connectivity index (χ0v) is 7.25. The van der Waals surface area contributed by atoms with Crippen LogP contribution in [0, 0.1) is 11.3 Å². The number of nitrogens with zero attached hydrogens (tertiary/aromatic N) is 2. The van der Waals surface area contributed by atoms with Crippen molar-refractivity contribution < 1.29 is 23.0 Å². The fraction of sp³-hybridized carbons (Fsp3) is 0.250. The van der Waals surface area contributed by atoms with E-state index in [9.17, 15) is 13.2 Å². The van der Waals surface area contributed by atoms with Crippen LogP contribution in [-0.2, 0) is 6.61 Å². The molecule has 0 atom stereocenters. The Morgan fingerprint density at radius 1 is 1.53 bits per heavy atom. The average Bonchev–Trinajstić information content (AvgIpc) is 2.15. The van der Waals surface area contributed by atoms with Crippen LogP contribution in [0.15, 0.2) is 12.3 Å². The Kier molecular flexibility index (Phi) is 3.11. The number of aliphatic hydroxyl groups excluding tert-OH is 1. The molecule has 1 aromatic heterocycles. The largest absolute Gasteiger partial charge is 0.574 e. The number of halogens is 3. The molecule has 1 N–H and O–H groups in total. The van der Waals surface area contributed by atoms with E-state index >= 15 is 0 Å². The first-order chi connectivity index (χ1) is 6.96. The third-order valence-electron chi connectivity index (χ3n) is 1.48. The Balaban J connectivity index is 3.00. The summed E-state index contributed by atoms with van der Waals surface area (Å²) < 4.78 is 38.8. The van der Waals surface area contributed by atoms with E-state index in [-0.39, 0.29) is 11.1 Å². The van der Waals surface area contributed by atoms with E-state index in [0.29, 0.717) is 0 Å². The van der Waals surface area contributed by atoms with Gasteiger partial charge in [-0.15, -0.1) is 13.2 Å². The van der Waals surface area contributed by atoms with Crippen molar-refractivity contribution in [3.05, 3.63) is 23.4 Å². The van der Waals surface area contributed by atoms with Gasteiger partial charge in [-0.1, -0.05) is 0 Å². The Labute approximate surface area is 82.5 Å². The molecular weight excluding hydrogens is 213 g/mol. The molecule has 7 heteroatoms. The number of hydrogen-bond acceptors (Lipinski definition) is 4. The van der Waals surface area contributed by atoms with Crippen molar-refractivity contribution in [3.63, 3.8) is 0 Å². The van der Waals surface area contributed by atoms with Crippen LogP contribution < -0.4 is 4.74 Å². The molecule has 0 aromatic carbocycles. The van der Waals surface area contributed by atoms with Crippen molar-refractivity contribution in [1.29, 1.82) is 5.26 Å². The van der Waals surface area contributed by atoms with Crippen LogP contribution in [0.1, 0.15) is 11.1 Å². The predicted octanol–water partition coefficient (Wildman–Crippen LogP) is 1.34. The summed E-state index contributed by atoms with van der Waals surface area (Å²) in [5.74, 6) is -0.703. The first kappa shape index (κ1) is 11.3. The predicted molar refractivity (Wildman–Crippen MR) is 41.6 cm³/mol. The van der Waals surface area contributed by atoms with Crippen LogP contribution in [-0.4, -0.2) is 16.5 Å². The van der Waals surface area contributed by atoms with Gasteiger partial charge in [0.25, 0.3) is 0 Å². The standard InChI is InChI=1S/C8H5F3N2O2/c9-8(10,11)15-7-1-5(4-14)6(2-12)3-13-7/h1,3,14H,4H2. The van der Waals surface area contributed by atoms with Gasteiger partial charge in [0.05, 0.1) is 12.2 Å². The van der Waals surface area contributed by atoms with Crippen molar-refractivity contribution in [1.82, 2.24) is 4.98 Å². The van der Waals surface area contributed by atoms with Gasteiger partial charge in [-0.2, -0.15) is 5.26 Å². The average molecular weight is 218 g/mol. The van der Waals surface area contributed by atoms with Gasteiger partial charge in [0.15, 0.2) is 0 Å². The summed E-state index contributed by atoms with van der Waals surface area (Å²) in [7, 11) is 0. The number of hydrogen-bond donors (Lipinski definition) is 1. The second-order valence-electron chi connectivity index (χ2n) is 2.50. The molecule has 15 heavy (non-hydrogen) atoms. The summed E-state index contributed by atoms with van der Waals surface area (Å²) in [6.07, 6.45) is -3.93. The van der Waals surface area contributed by atoms with Gasteiger partial charge in [0.2, 0.25) is 5.88 Å². The molecule has 0 saturated carbocycles. The molecule has 0 unspecified atom stereocenters. The summed E-state index contributed by atoms with van der Waals surface area (Å²) in [5.41, 5.74) is 0.0405. The minimum Gasteiger partial charge on any atom is -0.392 e. The second-order valence-corrected chi connectivity index (χ2v) is 2.50. The Morgan fingerprint density at radius 2 is 2.20 bits per heavy atom. The fourth-order valence-corrected chi connectivity index (χ4v) is 0.881. The maximum absolute atomic E-state index is 11.8. The molecule has 1 heterocycles. The molecule has 0 aliphatic rings. The van der Waals surface area contributed by atoms with E-state index in [2.05, 4.69) is 9.72 Å². The zero-order valence-electron chi connectivity index (χ0n) is 7.25. The topological polar surface area (TPSA) is 66.1 Å². The highest BCUT2D eigenvalue weighted by Gasteiger charge is 2.31. The number of aliphatic hydroxyl groups is 1. The fourth-order valence-electron chi connectivity index (χ4n) is 0.881. The second kappa shape index (κ2) is 4.14. The SMILES string of the molecule is N#Cc1cnc(OC(F)(F)F)cc1CO. The molecule has 1 aromatic rings. The van der Waals surface area contributed by atoms with Crippen LogP contribution in [0.5, 0.6) is 5.88 Å². The summed E-state index contributed by atoms with van der Waals surface area (Å²) in [5, 5.41) is 17.3. The number of aromatic nitrogens is 1. The quantitative estimate of drug-likeness (QED) is 0.813. The lowest BCUT2D eigenvalue weighted by molar-refractivity contribution is -0.276. The number of nitriles is 1. The van der Waals surface area contributed by atoms with E-state index in [4.69, 9.17) is 10.4 Å². The van der Waals surface area contributed by atoms with Gasteiger partial charge < -0.3 is 9.84 Å². The van der Waals surface area contributed by atoms with Gasteiger partial charge in [-0.05, 0) is 0 Å². The number of rotatable bonds is 2. The molecule has 0 amide bonds. The van der Waals surface area contributed by atoms with E-state index in [1.54, 1.807) is 6.07 Å². The highest BCUT2D eigenvalue weighted by Crippen LogP contribution is 2.22. The first-order valence-corrected chi connectivity index (χ1v) is 3.72. The minimum absolute atomic E-state index is 0.00650. The highest BCUT2D eigenvalue weighted by molar-refractivity contribution is 5.37. The van der Waals surface area contributed by atoms with Gasteiger partial charge >= 0.3 is 6.36 Å². The van der Waals surface area contributed by atoms with Crippen LogP contribution in [0.25, 0.3) is 0 Å². The lowest BCUT2D eigenvalue weighted by atomic mass is 10.2. The Hall–Kier alpha value is -1.81. The first-order valence-electron chi connectivity index (χ1n) is 3.72. The van der Waals surface area contributed by atoms with Crippen molar-refractivity contribution >= 4 is 0 Å². The molecule has 0 aliphatic carbocycles. The van der Waals surface area contributed by atoms with Gasteiger partial charge in [0, 0.05) is 17.8 Å². The van der Waals surface area contributed by atoms with E-state index < -0.39 is 18.8 Å². The molecule has 0 fully saturated rings. The van der Waals surface area contributed by atoms with Crippen LogP contribution in [0.3, 0.4) is 0 Å². The van der Waals surface area contributed by atoms with Crippen LogP contribution >= 0.6 is 0 Å². The summed E-state index contributed by atoms with van der Waals surface area (Å²) in [6.45, 7) is -0.556. The monoisotopic (exact) mass is 218 g/mol. The Bertz CT molecular complexity index is 398. The molecule has 0 bridgehead atoms. The molecule has 0 radical (unpaired) electrons. The lowest BCUT2D eigenvalue weighted by Gasteiger charge is -2.08. The molecule has 1 rings (SSSR count). The summed E-state index contributed by atoms with van der Waals surface area (Å²) >= 11 is 0. The van der Waals surface area contributed by atoms with E-state index in [0.717, 1.165) is 12.3 Å². The molecule has 0 spiro atoms. The van der Waals surface area contributed by atoms with Gasteiger partial charge in [0.1, 0.15) is 6.07 Å². The van der Waals surface area contributed by atoms with E-state index in [1.165, 1.54) is 0 Å². The highest BCUT2D eigenvalue weighted by atomic mass is 19.4. The third-order valence-corrected chi connectivity index (χ3v) is 1.48. The van der Waals surface area contributed by atoms with Gasteiger partial charge in [-0.25, -0.2) is 4.98 Å². The van der Waals surface area contributed by atoms with Crippen molar-refractivity contribution in [2.45, 2.75) is 13.0 Å². The Morgan fingerprint density at radius 3 is 2.67 bits per heavy atom. The molecular formula is C8H5F3N2O2. The smallest absolute Gasteiger partial charge is 0.392 e. The van der Waals surface area contributed by atoms with Crippen LogP contribution in [0.2, 0.25) is 0 Å². The normalized spacial score (nSPS) is 10.9. The minimum atomic E-state index is -4.84. The van der Waals surface area contributed by atoms with Crippen LogP contribution in [0.4, 0.5) is 13.2 Å². The summed E-state index contributed by atoms with van der Waals surface area (Å²) in [6, 6.07) is 2.54. The third kappa shape index (κ3) is 3.11. The maximum atomic E-state index is 11.8. The molecule has 0 saturated heterocycles. The summed E-state index contributed by atoms with van der Waals surface area (Å²) in [4.78, 5) is 3.27.